The van der Waals surface area contributed by atoms with Crippen LogP contribution >= 0.6 is 0 Å². The van der Waals surface area contributed by atoms with E-state index in [1.807, 2.05) is 16.9 Å². The van der Waals surface area contributed by atoms with E-state index in [9.17, 15) is 0 Å². The standard InChI is InChI=1S/C10H19N3O/c1-10-4-6-12-13(10)8-3-5-11-7-9-14-2/h4,6,11H,3,5,7-9H2,1-2H3. The van der Waals surface area contributed by atoms with Gasteiger partial charge in [-0.15, -0.1) is 0 Å². The first-order valence-electron chi connectivity index (χ1n) is 5.02. The Morgan fingerprint density at radius 1 is 1.50 bits per heavy atom. The van der Waals surface area contributed by atoms with Gasteiger partial charge in [0.05, 0.1) is 6.61 Å². The molecular weight excluding hydrogens is 178 g/mol. The predicted molar refractivity (Wildman–Crippen MR) is 56.3 cm³/mol. The fourth-order valence-corrected chi connectivity index (χ4v) is 1.29. The predicted octanol–water partition coefficient (Wildman–Crippen LogP) is 0.818. The third-order valence-electron chi connectivity index (χ3n) is 2.14. The van der Waals surface area contributed by atoms with Crippen molar-refractivity contribution in [3.8, 4) is 0 Å². The molecule has 4 heteroatoms. The van der Waals surface area contributed by atoms with Crippen LogP contribution in [0.1, 0.15) is 12.1 Å². The molecule has 0 unspecified atom stereocenters. The second kappa shape index (κ2) is 6.56. The summed E-state index contributed by atoms with van der Waals surface area (Å²) >= 11 is 0. The number of hydrogen-bond donors (Lipinski definition) is 1. The summed E-state index contributed by atoms with van der Waals surface area (Å²) in [7, 11) is 1.72. The van der Waals surface area contributed by atoms with E-state index in [1.54, 1.807) is 7.11 Å². The third-order valence-corrected chi connectivity index (χ3v) is 2.14. The Balaban J connectivity index is 2.02. The lowest BCUT2D eigenvalue weighted by molar-refractivity contribution is 0.199. The molecule has 0 aromatic carbocycles. The van der Waals surface area contributed by atoms with Crippen molar-refractivity contribution in [2.45, 2.75) is 19.9 Å². The molecule has 14 heavy (non-hydrogen) atoms. The van der Waals surface area contributed by atoms with Crippen LogP contribution in [0.25, 0.3) is 0 Å². The maximum absolute atomic E-state index is 4.93. The lowest BCUT2D eigenvalue weighted by Gasteiger charge is -2.05. The third kappa shape index (κ3) is 3.89. The van der Waals surface area contributed by atoms with Gasteiger partial charge in [0.1, 0.15) is 0 Å². The molecule has 4 nitrogen and oxygen atoms in total. The van der Waals surface area contributed by atoms with Crippen LogP contribution in [-0.4, -0.2) is 36.6 Å². The Morgan fingerprint density at radius 3 is 3.00 bits per heavy atom. The summed E-state index contributed by atoms with van der Waals surface area (Å²) < 4.78 is 6.96. The highest BCUT2D eigenvalue weighted by Gasteiger charge is 1.95. The second-order valence-corrected chi connectivity index (χ2v) is 3.29. The highest BCUT2D eigenvalue weighted by atomic mass is 16.5. The Bertz CT molecular complexity index is 247. The van der Waals surface area contributed by atoms with Gasteiger partial charge >= 0.3 is 0 Å². The minimum atomic E-state index is 0.779. The van der Waals surface area contributed by atoms with Crippen molar-refractivity contribution in [1.29, 1.82) is 0 Å². The average Bonchev–Trinajstić information content (AvgIpc) is 2.58. The smallest absolute Gasteiger partial charge is 0.0587 e. The molecule has 0 saturated heterocycles. The van der Waals surface area contributed by atoms with Crippen LogP contribution in [0.3, 0.4) is 0 Å². The summed E-state index contributed by atoms with van der Waals surface area (Å²) in [6.45, 7) is 5.78. The second-order valence-electron chi connectivity index (χ2n) is 3.29. The number of nitrogens with zero attached hydrogens (tertiary/aromatic N) is 2. The highest BCUT2D eigenvalue weighted by molar-refractivity contribution is 4.96. The average molecular weight is 197 g/mol. The molecule has 0 fully saturated rings. The summed E-state index contributed by atoms with van der Waals surface area (Å²) in [5.74, 6) is 0. The fraction of sp³-hybridized carbons (Fsp3) is 0.700. The van der Waals surface area contributed by atoms with Crippen molar-refractivity contribution in [3.63, 3.8) is 0 Å². The zero-order chi connectivity index (χ0) is 10.2. The summed E-state index contributed by atoms with van der Waals surface area (Å²) in [5, 5.41) is 7.52. The zero-order valence-corrected chi connectivity index (χ0v) is 8.99. The Kier molecular flexibility index (Phi) is 5.25. The van der Waals surface area contributed by atoms with Gasteiger partial charge in [-0.05, 0) is 26.0 Å². The molecule has 80 valence electrons. The van der Waals surface area contributed by atoms with Crippen molar-refractivity contribution < 1.29 is 4.74 Å². The molecule has 0 saturated carbocycles. The molecule has 1 aromatic heterocycles. The lowest BCUT2D eigenvalue weighted by Crippen LogP contribution is -2.21. The summed E-state index contributed by atoms with van der Waals surface area (Å²) in [4.78, 5) is 0. The van der Waals surface area contributed by atoms with E-state index in [0.717, 1.165) is 32.7 Å². The molecule has 1 N–H and O–H groups in total. The number of rotatable bonds is 7. The number of aromatic nitrogens is 2. The van der Waals surface area contributed by atoms with Crippen LogP contribution in [0.5, 0.6) is 0 Å². The highest BCUT2D eigenvalue weighted by Crippen LogP contribution is 1.96. The van der Waals surface area contributed by atoms with Crippen molar-refractivity contribution in [2.24, 2.45) is 0 Å². The number of aryl methyl sites for hydroxylation is 2. The van der Waals surface area contributed by atoms with Gasteiger partial charge in [0, 0.05) is 32.1 Å². The van der Waals surface area contributed by atoms with Gasteiger partial charge in [0.15, 0.2) is 0 Å². The van der Waals surface area contributed by atoms with Crippen LogP contribution in [-0.2, 0) is 11.3 Å². The molecule has 0 radical (unpaired) electrons. The minimum Gasteiger partial charge on any atom is -0.383 e. The topological polar surface area (TPSA) is 39.1 Å². The molecular formula is C10H19N3O. The maximum atomic E-state index is 4.93. The molecule has 0 atom stereocenters. The Morgan fingerprint density at radius 2 is 2.36 bits per heavy atom. The van der Waals surface area contributed by atoms with Crippen LogP contribution in [0, 0.1) is 6.92 Å². The number of ether oxygens (including phenoxy) is 1. The summed E-state index contributed by atoms with van der Waals surface area (Å²) in [6, 6.07) is 2.03. The van der Waals surface area contributed by atoms with Crippen molar-refractivity contribution in [2.75, 3.05) is 26.8 Å². The molecule has 0 spiro atoms. The van der Waals surface area contributed by atoms with Gasteiger partial charge in [0.25, 0.3) is 0 Å². The van der Waals surface area contributed by atoms with E-state index in [1.165, 1.54) is 5.69 Å². The van der Waals surface area contributed by atoms with Gasteiger partial charge in [0.2, 0.25) is 0 Å². The van der Waals surface area contributed by atoms with E-state index in [2.05, 4.69) is 17.3 Å². The lowest BCUT2D eigenvalue weighted by atomic mass is 10.4. The number of nitrogens with one attached hydrogen (secondary N) is 1. The van der Waals surface area contributed by atoms with Crippen molar-refractivity contribution >= 4 is 0 Å². The van der Waals surface area contributed by atoms with Gasteiger partial charge in [-0.25, -0.2) is 0 Å². The SMILES string of the molecule is COCCNCCCn1nccc1C. The monoisotopic (exact) mass is 197 g/mol. The van der Waals surface area contributed by atoms with Crippen molar-refractivity contribution in [1.82, 2.24) is 15.1 Å². The normalized spacial score (nSPS) is 10.7. The van der Waals surface area contributed by atoms with Gasteiger partial charge in [-0.2, -0.15) is 5.10 Å². The first-order chi connectivity index (χ1) is 6.84. The Labute approximate surface area is 85.3 Å². The minimum absolute atomic E-state index is 0.779. The molecule has 0 aliphatic heterocycles. The number of hydrogen-bond acceptors (Lipinski definition) is 3. The van der Waals surface area contributed by atoms with Gasteiger partial charge in [-0.3, -0.25) is 4.68 Å². The first-order valence-corrected chi connectivity index (χ1v) is 5.02. The molecule has 0 aliphatic carbocycles. The molecule has 0 bridgehead atoms. The maximum Gasteiger partial charge on any atom is 0.0587 e. The van der Waals surface area contributed by atoms with E-state index in [0.29, 0.717) is 0 Å². The van der Waals surface area contributed by atoms with Crippen LogP contribution in [0.4, 0.5) is 0 Å². The largest absolute Gasteiger partial charge is 0.383 e. The van der Waals surface area contributed by atoms with Gasteiger partial charge in [-0.1, -0.05) is 0 Å². The van der Waals surface area contributed by atoms with Gasteiger partial charge < -0.3 is 10.1 Å². The molecule has 1 rings (SSSR count). The summed E-state index contributed by atoms with van der Waals surface area (Å²) in [6.07, 6.45) is 2.94. The van der Waals surface area contributed by atoms with E-state index >= 15 is 0 Å². The quantitative estimate of drug-likeness (QED) is 0.658. The molecule has 0 aliphatic rings. The number of methoxy groups -OCH3 is 1. The van der Waals surface area contributed by atoms with E-state index in [4.69, 9.17) is 4.74 Å². The van der Waals surface area contributed by atoms with Crippen molar-refractivity contribution in [3.05, 3.63) is 18.0 Å². The van der Waals surface area contributed by atoms with Crippen LogP contribution in [0.2, 0.25) is 0 Å². The summed E-state index contributed by atoms with van der Waals surface area (Å²) in [5.41, 5.74) is 1.22. The van der Waals surface area contributed by atoms with E-state index in [-0.39, 0.29) is 0 Å². The van der Waals surface area contributed by atoms with Crippen LogP contribution < -0.4 is 5.32 Å². The first kappa shape index (κ1) is 11.2. The Hall–Kier alpha value is -0.870. The van der Waals surface area contributed by atoms with E-state index < -0.39 is 0 Å². The molecule has 1 heterocycles. The molecule has 1 aromatic rings. The fourth-order valence-electron chi connectivity index (χ4n) is 1.29. The molecule has 0 amide bonds. The van der Waals surface area contributed by atoms with Crippen LogP contribution in [0.15, 0.2) is 12.3 Å². The zero-order valence-electron chi connectivity index (χ0n) is 8.99.